The molecule has 0 fully saturated rings. The van der Waals surface area contributed by atoms with E-state index in [9.17, 15) is 10.1 Å². The van der Waals surface area contributed by atoms with Gasteiger partial charge in [-0.25, -0.2) is 0 Å². The highest BCUT2D eigenvalue weighted by Gasteiger charge is 2.11. The number of aromatic nitrogens is 2. The third kappa shape index (κ3) is 2.97. The largest absolute Gasteiger partial charge is 0.308 e. The minimum absolute atomic E-state index is 0.151. The number of benzene rings is 1. The Kier molecular flexibility index (Phi) is 3.91. The van der Waals surface area contributed by atoms with Gasteiger partial charge in [-0.05, 0) is 6.92 Å². The fraction of sp³-hybridized carbons (Fsp3) is 0.308. The van der Waals surface area contributed by atoms with E-state index in [1.807, 2.05) is 24.9 Å². The summed E-state index contributed by atoms with van der Waals surface area (Å²) in [6, 6.07) is 6.76. The van der Waals surface area contributed by atoms with Gasteiger partial charge in [-0.15, -0.1) is 0 Å². The third-order valence-corrected chi connectivity index (χ3v) is 3.16. The molecule has 2 rings (SSSR count). The Bertz CT molecular complexity index is 592. The van der Waals surface area contributed by atoms with Crippen molar-refractivity contribution in [3.8, 4) is 0 Å². The van der Waals surface area contributed by atoms with Crippen LogP contribution in [-0.4, -0.2) is 14.7 Å². The molecule has 19 heavy (non-hydrogen) atoms. The van der Waals surface area contributed by atoms with Crippen molar-refractivity contribution in [3.63, 3.8) is 0 Å². The summed E-state index contributed by atoms with van der Waals surface area (Å²) in [5, 5.41) is 18.2. The van der Waals surface area contributed by atoms with Crippen molar-refractivity contribution in [3.05, 3.63) is 57.4 Å². The average Bonchev–Trinajstić information content (AvgIpc) is 2.71. The summed E-state index contributed by atoms with van der Waals surface area (Å²) in [4.78, 5) is 10.5. The van der Waals surface area contributed by atoms with Crippen LogP contribution in [0.5, 0.6) is 0 Å². The second kappa shape index (κ2) is 5.62. The smallest absolute Gasteiger partial charge is 0.273 e. The molecule has 0 spiro atoms. The van der Waals surface area contributed by atoms with Gasteiger partial charge in [-0.3, -0.25) is 14.8 Å². The van der Waals surface area contributed by atoms with E-state index >= 15 is 0 Å². The maximum absolute atomic E-state index is 10.9. The van der Waals surface area contributed by atoms with Gasteiger partial charge in [-0.1, -0.05) is 18.2 Å². The Morgan fingerprint density at radius 2 is 2.00 bits per heavy atom. The molecule has 6 heteroatoms. The van der Waals surface area contributed by atoms with E-state index in [1.165, 1.54) is 6.07 Å². The minimum Gasteiger partial charge on any atom is -0.308 e. The molecule has 0 saturated heterocycles. The van der Waals surface area contributed by atoms with Crippen LogP contribution in [0.2, 0.25) is 0 Å². The van der Waals surface area contributed by atoms with Gasteiger partial charge in [0.1, 0.15) is 0 Å². The molecule has 1 aromatic heterocycles. The van der Waals surface area contributed by atoms with Gasteiger partial charge >= 0.3 is 0 Å². The molecule has 0 radical (unpaired) electrons. The Hall–Kier alpha value is -2.21. The second-order valence-electron chi connectivity index (χ2n) is 4.37. The molecule has 0 bridgehead atoms. The number of rotatable bonds is 5. The maximum atomic E-state index is 10.9. The zero-order valence-corrected chi connectivity index (χ0v) is 11.0. The van der Waals surface area contributed by atoms with Crippen LogP contribution in [-0.2, 0) is 20.1 Å². The van der Waals surface area contributed by atoms with Crippen molar-refractivity contribution in [2.45, 2.75) is 20.0 Å². The second-order valence-corrected chi connectivity index (χ2v) is 4.37. The molecule has 0 aliphatic carbocycles. The van der Waals surface area contributed by atoms with Gasteiger partial charge in [0.25, 0.3) is 5.69 Å². The van der Waals surface area contributed by atoms with Crippen molar-refractivity contribution in [1.82, 2.24) is 15.1 Å². The first kappa shape index (κ1) is 13.2. The molecule has 0 aliphatic heterocycles. The first-order valence-electron chi connectivity index (χ1n) is 6.00. The summed E-state index contributed by atoms with van der Waals surface area (Å²) in [7, 11) is 1.89. The minimum atomic E-state index is -0.355. The van der Waals surface area contributed by atoms with E-state index in [4.69, 9.17) is 0 Å². The van der Waals surface area contributed by atoms with Crippen LogP contribution < -0.4 is 5.32 Å². The van der Waals surface area contributed by atoms with Gasteiger partial charge in [0, 0.05) is 43.0 Å². The number of para-hydroxylation sites is 1. The molecule has 1 heterocycles. The molecule has 0 unspecified atom stereocenters. The SMILES string of the molecule is Cc1c(CNCc2ccccc2[N+](=O)[O-])cnn1C. The Balaban J connectivity index is 2.00. The predicted octanol–water partition coefficient (Wildman–Crippen LogP) is 1.93. The number of hydrogen-bond donors (Lipinski definition) is 1. The summed E-state index contributed by atoms with van der Waals surface area (Å²) in [6.45, 7) is 3.10. The van der Waals surface area contributed by atoms with Crippen LogP contribution in [0.15, 0.2) is 30.5 Å². The van der Waals surface area contributed by atoms with Gasteiger partial charge in [0.15, 0.2) is 0 Å². The van der Waals surface area contributed by atoms with Gasteiger partial charge in [0.05, 0.1) is 11.1 Å². The van der Waals surface area contributed by atoms with Crippen molar-refractivity contribution in [2.24, 2.45) is 7.05 Å². The molecule has 0 amide bonds. The summed E-state index contributed by atoms with van der Waals surface area (Å²) >= 11 is 0. The van der Waals surface area contributed by atoms with Crippen molar-refractivity contribution in [2.75, 3.05) is 0 Å². The number of hydrogen-bond acceptors (Lipinski definition) is 4. The number of aryl methyl sites for hydroxylation is 1. The molecule has 6 nitrogen and oxygen atoms in total. The summed E-state index contributed by atoms with van der Waals surface area (Å²) < 4.78 is 1.81. The number of nitrogens with one attached hydrogen (secondary N) is 1. The van der Waals surface area contributed by atoms with Crippen LogP contribution >= 0.6 is 0 Å². The zero-order chi connectivity index (χ0) is 13.8. The van der Waals surface area contributed by atoms with Crippen molar-refractivity contribution >= 4 is 5.69 Å². The molecule has 0 aliphatic rings. The molecule has 2 aromatic rings. The average molecular weight is 260 g/mol. The normalized spacial score (nSPS) is 10.6. The number of nitrogens with zero attached hydrogens (tertiary/aromatic N) is 3. The molecule has 0 saturated carbocycles. The number of nitro groups is 1. The molecule has 1 aromatic carbocycles. The van der Waals surface area contributed by atoms with Gasteiger partial charge < -0.3 is 5.32 Å². The predicted molar refractivity (Wildman–Crippen MR) is 71.6 cm³/mol. The maximum Gasteiger partial charge on any atom is 0.273 e. The van der Waals surface area contributed by atoms with E-state index < -0.39 is 0 Å². The molecule has 0 atom stereocenters. The standard InChI is InChI=1S/C13H16N4O2/c1-10-12(9-15-16(10)2)8-14-7-11-5-3-4-6-13(11)17(18)19/h3-6,9,14H,7-8H2,1-2H3. The fourth-order valence-corrected chi connectivity index (χ4v) is 1.89. The molecule has 100 valence electrons. The quantitative estimate of drug-likeness (QED) is 0.658. The lowest BCUT2D eigenvalue weighted by atomic mass is 10.1. The van der Waals surface area contributed by atoms with E-state index in [0.717, 1.165) is 11.3 Å². The fourth-order valence-electron chi connectivity index (χ4n) is 1.89. The van der Waals surface area contributed by atoms with Crippen LogP contribution in [0, 0.1) is 17.0 Å². The number of nitro benzene ring substituents is 1. The monoisotopic (exact) mass is 260 g/mol. The first-order valence-corrected chi connectivity index (χ1v) is 6.00. The highest BCUT2D eigenvalue weighted by molar-refractivity contribution is 5.39. The highest BCUT2D eigenvalue weighted by atomic mass is 16.6. The lowest BCUT2D eigenvalue weighted by Gasteiger charge is -2.05. The molecular formula is C13H16N4O2. The van der Waals surface area contributed by atoms with E-state index in [1.54, 1.807) is 18.2 Å². The van der Waals surface area contributed by atoms with Crippen LogP contribution in [0.3, 0.4) is 0 Å². The Morgan fingerprint density at radius 3 is 2.63 bits per heavy atom. The summed E-state index contributed by atoms with van der Waals surface area (Å²) in [5.41, 5.74) is 3.03. The van der Waals surface area contributed by atoms with Gasteiger partial charge in [-0.2, -0.15) is 5.10 Å². The van der Waals surface area contributed by atoms with Crippen molar-refractivity contribution < 1.29 is 4.92 Å². The molecular weight excluding hydrogens is 244 g/mol. The summed E-state index contributed by atoms with van der Waals surface area (Å²) in [6.07, 6.45) is 1.81. The van der Waals surface area contributed by atoms with E-state index in [0.29, 0.717) is 18.7 Å². The van der Waals surface area contributed by atoms with Crippen LogP contribution in [0.25, 0.3) is 0 Å². The Labute approximate surface area is 111 Å². The van der Waals surface area contributed by atoms with E-state index in [2.05, 4.69) is 10.4 Å². The highest BCUT2D eigenvalue weighted by Crippen LogP contribution is 2.17. The van der Waals surface area contributed by atoms with Crippen LogP contribution in [0.1, 0.15) is 16.8 Å². The first-order chi connectivity index (χ1) is 9.09. The van der Waals surface area contributed by atoms with Gasteiger partial charge in [0.2, 0.25) is 0 Å². The molecule has 1 N–H and O–H groups in total. The topological polar surface area (TPSA) is 73.0 Å². The lowest BCUT2D eigenvalue weighted by Crippen LogP contribution is -2.14. The van der Waals surface area contributed by atoms with E-state index in [-0.39, 0.29) is 10.6 Å². The Morgan fingerprint density at radius 1 is 1.32 bits per heavy atom. The zero-order valence-electron chi connectivity index (χ0n) is 11.0. The van der Waals surface area contributed by atoms with Crippen molar-refractivity contribution in [1.29, 1.82) is 0 Å². The third-order valence-electron chi connectivity index (χ3n) is 3.16. The summed E-state index contributed by atoms with van der Waals surface area (Å²) in [5.74, 6) is 0. The lowest BCUT2D eigenvalue weighted by molar-refractivity contribution is -0.385. The van der Waals surface area contributed by atoms with Crippen LogP contribution in [0.4, 0.5) is 5.69 Å².